The van der Waals surface area contributed by atoms with Crippen molar-refractivity contribution in [1.29, 1.82) is 0 Å². The zero-order valence-corrected chi connectivity index (χ0v) is 7.92. The van der Waals surface area contributed by atoms with E-state index in [1.54, 1.807) is 12.4 Å². The highest BCUT2D eigenvalue weighted by Gasteiger charge is 2.43. The Labute approximate surface area is 72.8 Å². The van der Waals surface area contributed by atoms with Gasteiger partial charge in [-0.3, -0.25) is 4.98 Å². The van der Waals surface area contributed by atoms with Gasteiger partial charge in [-0.15, -0.1) is 0 Å². The van der Waals surface area contributed by atoms with E-state index in [4.69, 9.17) is 0 Å². The van der Waals surface area contributed by atoms with E-state index in [0.29, 0.717) is 5.66 Å². The van der Waals surface area contributed by atoms with Gasteiger partial charge in [-0.2, -0.15) is 0 Å². The maximum absolute atomic E-state index is 11.7. The fraction of sp³-hybridized carbons (Fsp3) is 0.444. The second kappa shape index (κ2) is 2.95. The Balaban J connectivity index is 2.32. The zero-order chi connectivity index (χ0) is 8.55. The lowest BCUT2D eigenvalue weighted by molar-refractivity contribution is 0.592. The Morgan fingerprint density at radius 2 is 2.33 bits per heavy atom. The lowest BCUT2D eigenvalue weighted by Crippen LogP contribution is -2.04. The molecule has 0 saturated heterocycles. The average Bonchev–Trinajstić information content (AvgIpc) is 2.86. The standard InChI is InChI=1S/C9H11NOP/c1-7-4-5-10-6-9(7)12(11)8-2-3-8/h4-6,8H,2-3H2,1H3/q+1. The summed E-state index contributed by atoms with van der Waals surface area (Å²) in [7, 11) is -1.16. The van der Waals surface area contributed by atoms with Crippen LogP contribution in [0.1, 0.15) is 18.4 Å². The minimum atomic E-state index is -1.16. The van der Waals surface area contributed by atoms with Gasteiger partial charge >= 0.3 is 7.80 Å². The van der Waals surface area contributed by atoms with Crippen molar-refractivity contribution in [1.82, 2.24) is 4.98 Å². The maximum Gasteiger partial charge on any atom is 0.381 e. The summed E-state index contributed by atoms with van der Waals surface area (Å²) in [4.78, 5) is 3.99. The molecule has 2 rings (SSSR count). The Kier molecular flexibility index (Phi) is 1.93. The highest BCUT2D eigenvalue weighted by molar-refractivity contribution is 7.54. The van der Waals surface area contributed by atoms with Gasteiger partial charge in [-0.05, 0) is 25.8 Å². The molecule has 1 aromatic heterocycles. The van der Waals surface area contributed by atoms with Crippen LogP contribution in [0.3, 0.4) is 0 Å². The number of aromatic nitrogens is 1. The molecule has 0 aliphatic heterocycles. The van der Waals surface area contributed by atoms with Crippen LogP contribution in [0.2, 0.25) is 0 Å². The van der Waals surface area contributed by atoms with Crippen molar-refractivity contribution in [2.24, 2.45) is 0 Å². The minimum Gasteiger partial charge on any atom is -0.260 e. The Morgan fingerprint density at radius 3 is 2.92 bits per heavy atom. The van der Waals surface area contributed by atoms with Crippen LogP contribution in [0.25, 0.3) is 0 Å². The third-order valence-electron chi connectivity index (χ3n) is 2.13. The second-order valence-electron chi connectivity index (χ2n) is 3.22. The number of hydrogen-bond donors (Lipinski definition) is 0. The largest absolute Gasteiger partial charge is 0.381 e. The van der Waals surface area contributed by atoms with Crippen LogP contribution >= 0.6 is 7.80 Å². The lowest BCUT2D eigenvalue weighted by Gasteiger charge is -1.90. The highest BCUT2D eigenvalue weighted by Crippen LogP contribution is 2.44. The van der Waals surface area contributed by atoms with E-state index in [1.165, 1.54) is 0 Å². The Morgan fingerprint density at radius 1 is 1.58 bits per heavy atom. The van der Waals surface area contributed by atoms with Gasteiger partial charge < -0.3 is 0 Å². The first kappa shape index (κ1) is 7.88. The second-order valence-corrected chi connectivity index (χ2v) is 5.08. The van der Waals surface area contributed by atoms with Gasteiger partial charge in [0, 0.05) is 11.8 Å². The van der Waals surface area contributed by atoms with Crippen LogP contribution < -0.4 is 5.30 Å². The Bertz CT molecular complexity index is 320. The summed E-state index contributed by atoms with van der Waals surface area (Å²) in [6.07, 6.45) is 5.74. The van der Waals surface area contributed by atoms with Crippen molar-refractivity contribution in [2.75, 3.05) is 0 Å². The number of pyridine rings is 1. The molecule has 0 N–H and O–H groups in total. The van der Waals surface area contributed by atoms with Crippen molar-refractivity contribution in [3.63, 3.8) is 0 Å². The third kappa shape index (κ3) is 1.39. The predicted octanol–water partition coefficient (Wildman–Crippen LogP) is 2.01. The van der Waals surface area contributed by atoms with Crippen molar-refractivity contribution in [3.8, 4) is 0 Å². The SMILES string of the molecule is Cc1ccncc1[P+](=O)C1CC1. The molecule has 62 valence electrons. The first-order chi connectivity index (χ1) is 5.79. The molecule has 1 aromatic rings. The van der Waals surface area contributed by atoms with Crippen molar-refractivity contribution >= 4 is 13.1 Å². The summed E-state index contributed by atoms with van der Waals surface area (Å²) in [5.41, 5.74) is 1.56. The molecule has 1 aliphatic carbocycles. The molecule has 0 bridgehead atoms. The minimum absolute atomic E-state index is 0.447. The Hall–Kier alpha value is -0.750. The van der Waals surface area contributed by atoms with E-state index in [-0.39, 0.29) is 0 Å². The maximum atomic E-state index is 11.7. The summed E-state index contributed by atoms with van der Waals surface area (Å²) < 4.78 is 11.7. The van der Waals surface area contributed by atoms with E-state index < -0.39 is 7.80 Å². The molecule has 1 aliphatic rings. The molecule has 0 aromatic carbocycles. The van der Waals surface area contributed by atoms with Crippen LogP contribution in [-0.4, -0.2) is 10.6 Å². The van der Waals surface area contributed by atoms with Crippen molar-refractivity contribution in [3.05, 3.63) is 24.0 Å². The van der Waals surface area contributed by atoms with Crippen LogP contribution in [-0.2, 0) is 4.57 Å². The molecule has 12 heavy (non-hydrogen) atoms. The molecule has 1 atom stereocenters. The molecular weight excluding hydrogens is 169 g/mol. The normalized spacial score (nSPS) is 17.6. The number of aryl methyl sites for hydroxylation is 1. The molecule has 1 fully saturated rings. The fourth-order valence-corrected chi connectivity index (χ4v) is 2.81. The van der Waals surface area contributed by atoms with Crippen LogP contribution in [0.15, 0.2) is 18.5 Å². The number of hydrogen-bond acceptors (Lipinski definition) is 2. The summed E-state index contributed by atoms with van der Waals surface area (Å²) >= 11 is 0. The van der Waals surface area contributed by atoms with Gasteiger partial charge in [0.1, 0.15) is 0 Å². The first-order valence-electron chi connectivity index (χ1n) is 4.16. The van der Waals surface area contributed by atoms with Gasteiger partial charge in [0.2, 0.25) is 5.30 Å². The molecule has 2 nitrogen and oxygen atoms in total. The molecule has 1 saturated carbocycles. The molecular formula is C9H11NOP+. The van der Waals surface area contributed by atoms with Gasteiger partial charge in [0.15, 0.2) is 5.66 Å². The third-order valence-corrected chi connectivity index (χ3v) is 4.25. The molecule has 1 heterocycles. The molecule has 3 heteroatoms. The summed E-state index contributed by atoms with van der Waals surface area (Å²) in [6, 6.07) is 1.92. The van der Waals surface area contributed by atoms with E-state index in [0.717, 1.165) is 23.7 Å². The smallest absolute Gasteiger partial charge is 0.260 e. The monoisotopic (exact) mass is 180 g/mol. The predicted molar refractivity (Wildman–Crippen MR) is 49.2 cm³/mol. The van der Waals surface area contributed by atoms with Gasteiger partial charge in [0.05, 0.1) is 6.20 Å². The number of nitrogens with zero attached hydrogens (tertiary/aromatic N) is 1. The summed E-state index contributed by atoms with van der Waals surface area (Å²) in [5.74, 6) is 0. The van der Waals surface area contributed by atoms with E-state index in [1.807, 2.05) is 13.0 Å². The molecule has 1 unspecified atom stereocenters. The quantitative estimate of drug-likeness (QED) is 0.651. The zero-order valence-electron chi connectivity index (χ0n) is 7.03. The fourth-order valence-electron chi connectivity index (χ4n) is 1.19. The first-order valence-corrected chi connectivity index (χ1v) is 5.49. The van der Waals surface area contributed by atoms with E-state index in [9.17, 15) is 4.57 Å². The molecule has 0 spiro atoms. The van der Waals surface area contributed by atoms with Gasteiger partial charge in [-0.1, -0.05) is 4.57 Å². The van der Waals surface area contributed by atoms with Crippen LogP contribution in [0, 0.1) is 6.92 Å². The van der Waals surface area contributed by atoms with Crippen LogP contribution in [0.5, 0.6) is 0 Å². The average molecular weight is 180 g/mol. The van der Waals surface area contributed by atoms with E-state index >= 15 is 0 Å². The molecule has 0 amide bonds. The van der Waals surface area contributed by atoms with Crippen molar-refractivity contribution in [2.45, 2.75) is 25.4 Å². The summed E-state index contributed by atoms with van der Waals surface area (Å²) in [5, 5.41) is 0.954. The van der Waals surface area contributed by atoms with Gasteiger partial charge in [-0.25, -0.2) is 0 Å². The summed E-state index contributed by atoms with van der Waals surface area (Å²) in [6.45, 7) is 1.99. The van der Waals surface area contributed by atoms with Crippen LogP contribution in [0.4, 0.5) is 0 Å². The topological polar surface area (TPSA) is 30.0 Å². The van der Waals surface area contributed by atoms with Crippen molar-refractivity contribution < 1.29 is 4.57 Å². The number of rotatable bonds is 2. The van der Waals surface area contributed by atoms with Gasteiger partial charge in [0.25, 0.3) is 0 Å². The lowest BCUT2D eigenvalue weighted by atomic mass is 10.3. The molecule has 0 radical (unpaired) electrons. The highest BCUT2D eigenvalue weighted by atomic mass is 31.1. The van der Waals surface area contributed by atoms with E-state index in [2.05, 4.69) is 4.98 Å².